The van der Waals surface area contributed by atoms with Gasteiger partial charge in [-0.1, -0.05) is 35.9 Å². The maximum absolute atomic E-state index is 13.0. The van der Waals surface area contributed by atoms with E-state index in [9.17, 15) is 19.5 Å². The van der Waals surface area contributed by atoms with Gasteiger partial charge in [0.25, 0.3) is 0 Å². The highest BCUT2D eigenvalue weighted by Crippen LogP contribution is 2.41. The lowest BCUT2D eigenvalue weighted by molar-refractivity contribution is -0.146. The molecular weight excluding hydrogens is 426 g/mol. The lowest BCUT2D eigenvalue weighted by Gasteiger charge is -2.24. The molecule has 0 saturated carbocycles. The summed E-state index contributed by atoms with van der Waals surface area (Å²) in [5.74, 6) is -3.48. The molecule has 8 heteroatoms. The van der Waals surface area contributed by atoms with E-state index in [2.05, 4.69) is 5.32 Å². The molecule has 2 aromatic rings. The Morgan fingerprint density at radius 1 is 1.23 bits per heavy atom. The quantitative estimate of drug-likeness (QED) is 0.471. The number of anilines is 1. The summed E-state index contributed by atoms with van der Waals surface area (Å²) < 4.78 is 5.24. The number of nitrogens with one attached hydrogen (secondary N) is 1. The number of allylic oxidation sites excluding steroid dienone is 2. The molecule has 1 heterocycles. The van der Waals surface area contributed by atoms with Gasteiger partial charge in [-0.25, -0.2) is 4.79 Å². The van der Waals surface area contributed by atoms with Crippen molar-refractivity contribution in [2.24, 2.45) is 11.8 Å². The predicted octanol–water partition coefficient (Wildman–Crippen LogP) is 5.16. The first-order valence-corrected chi connectivity index (χ1v) is 10.8. The van der Waals surface area contributed by atoms with Crippen molar-refractivity contribution in [1.82, 2.24) is 0 Å². The third-order valence-corrected chi connectivity index (χ3v) is 6.26. The van der Waals surface area contributed by atoms with Gasteiger partial charge >= 0.3 is 11.9 Å². The molecule has 2 N–H and O–H groups in total. The zero-order valence-corrected chi connectivity index (χ0v) is 18.2. The number of aliphatic carboxylic acids is 1. The summed E-state index contributed by atoms with van der Waals surface area (Å²) in [6.45, 7) is 3.74. The van der Waals surface area contributed by atoms with Gasteiger partial charge in [0.1, 0.15) is 10.6 Å². The zero-order chi connectivity index (χ0) is 21.8. The zero-order valence-electron chi connectivity index (χ0n) is 16.6. The van der Waals surface area contributed by atoms with Crippen LogP contribution in [-0.4, -0.2) is 29.6 Å². The van der Waals surface area contributed by atoms with Gasteiger partial charge in [0, 0.05) is 15.5 Å². The summed E-state index contributed by atoms with van der Waals surface area (Å²) in [5.41, 5.74) is 1.64. The Bertz CT molecular complexity index is 1010. The summed E-state index contributed by atoms with van der Waals surface area (Å²) in [4.78, 5) is 38.1. The molecule has 0 saturated heterocycles. The first-order chi connectivity index (χ1) is 14.3. The van der Waals surface area contributed by atoms with Gasteiger partial charge in [0.05, 0.1) is 18.4 Å². The normalized spacial score (nSPS) is 18.1. The second-order valence-electron chi connectivity index (χ2n) is 6.95. The minimum Gasteiger partial charge on any atom is -0.481 e. The van der Waals surface area contributed by atoms with Gasteiger partial charge in [-0.3, -0.25) is 9.59 Å². The molecule has 0 bridgehead atoms. The number of amides is 1. The lowest BCUT2D eigenvalue weighted by Crippen LogP contribution is -2.34. The molecule has 0 fully saturated rings. The van der Waals surface area contributed by atoms with Crippen LogP contribution in [0.4, 0.5) is 5.00 Å². The predicted molar refractivity (Wildman–Crippen MR) is 117 cm³/mol. The molecule has 1 amide bonds. The van der Waals surface area contributed by atoms with E-state index >= 15 is 0 Å². The third-order valence-electron chi connectivity index (χ3n) is 5.00. The molecule has 6 nitrogen and oxygen atoms in total. The Hall–Kier alpha value is -2.64. The Labute approximate surface area is 183 Å². The molecule has 0 radical (unpaired) electrons. The summed E-state index contributed by atoms with van der Waals surface area (Å²) in [6, 6.07) is 7.11. The first kappa shape index (κ1) is 22.1. The molecule has 0 aliphatic heterocycles. The van der Waals surface area contributed by atoms with E-state index in [1.165, 1.54) is 11.3 Å². The van der Waals surface area contributed by atoms with Crippen LogP contribution < -0.4 is 5.32 Å². The van der Waals surface area contributed by atoms with Crippen LogP contribution in [0.2, 0.25) is 5.02 Å². The van der Waals surface area contributed by atoms with Crippen LogP contribution in [0.25, 0.3) is 11.1 Å². The minimum atomic E-state index is -1.01. The number of rotatable bonds is 6. The third kappa shape index (κ3) is 4.57. The van der Waals surface area contributed by atoms with Crippen LogP contribution in [-0.2, 0) is 14.3 Å². The number of hydrogen-bond donors (Lipinski definition) is 2. The highest BCUT2D eigenvalue weighted by Gasteiger charge is 2.35. The molecule has 1 aliphatic carbocycles. The molecule has 1 aromatic carbocycles. The van der Waals surface area contributed by atoms with Gasteiger partial charge in [-0.2, -0.15) is 0 Å². The molecule has 3 rings (SSSR count). The van der Waals surface area contributed by atoms with Crippen LogP contribution in [0, 0.1) is 18.8 Å². The van der Waals surface area contributed by atoms with Crippen molar-refractivity contribution in [3.8, 4) is 11.1 Å². The smallest absolute Gasteiger partial charge is 0.341 e. The number of hydrogen-bond acceptors (Lipinski definition) is 5. The number of esters is 1. The monoisotopic (exact) mass is 447 g/mol. The van der Waals surface area contributed by atoms with Gasteiger partial charge in [0.2, 0.25) is 5.91 Å². The first-order valence-electron chi connectivity index (χ1n) is 9.58. The van der Waals surface area contributed by atoms with Gasteiger partial charge < -0.3 is 15.2 Å². The molecule has 1 aromatic heterocycles. The van der Waals surface area contributed by atoms with Gasteiger partial charge in [0.15, 0.2) is 0 Å². The highest BCUT2D eigenvalue weighted by atomic mass is 35.5. The number of aryl methyl sites for hydroxylation is 1. The van der Waals surface area contributed by atoms with Crippen molar-refractivity contribution in [1.29, 1.82) is 0 Å². The Balaban J connectivity index is 2.01. The van der Waals surface area contributed by atoms with Gasteiger partial charge in [-0.15, -0.1) is 11.3 Å². The van der Waals surface area contributed by atoms with Crippen LogP contribution in [0.3, 0.4) is 0 Å². The second-order valence-corrected chi connectivity index (χ2v) is 8.61. The summed E-state index contributed by atoms with van der Waals surface area (Å²) in [6.07, 6.45) is 4.23. The minimum absolute atomic E-state index is 0.185. The number of carboxylic acids is 1. The molecule has 0 unspecified atom stereocenters. The number of halogens is 1. The number of ether oxygens (including phenoxy) is 1. The largest absolute Gasteiger partial charge is 0.481 e. The standard InChI is InChI=1S/C22H22ClNO5S/c1-3-29-22(28)18-17(13-7-6-8-14(23)11-13)12(2)30-20(18)24-19(25)15-9-4-5-10-16(15)21(26)27/h4-8,11,15-16H,3,9-10H2,1-2H3,(H,24,25)(H,26,27)/t15-,16+/m1/s1. The van der Waals surface area contributed by atoms with Gasteiger partial charge in [-0.05, 0) is 44.4 Å². The van der Waals surface area contributed by atoms with Crippen molar-refractivity contribution < 1.29 is 24.2 Å². The van der Waals surface area contributed by atoms with E-state index in [4.69, 9.17) is 16.3 Å². The van der Waals surface area contributed by atoms with Crippen molar-refractivity contribution in [2.45, 2.75) is 26.7 Å². The fourth-order valence-corrected chi connectivity index (χ4v) is 4.86. The second kappa shape index (κ2) is 9.45. The summed E-state index contributed by atoms with van der Waals surface area (Å²) >= 11 is 7.39. The van der Waals surface area contributed by atoms with E-state index in [0.29, 0.717) is 28.4 Å². The van der Waals surface area contributed by atoms with E-state index < -0.39 is 29.7 Å². The molecule has 0 spiro atoms. The molecule has 158 valence electrons. The fourth-order valence-electron chi connectivity index (χ4n) is 3.60. The summed E-state index contributed by atoms with van der Waals surface area (Å²) in [5, 5.41) is 13.1. The van der Waals surface area contributed by atoms with Crippen molar-refractivity contribution in [3.05, 3.63) is 51.9 Å². The molecule has 1 aliphatic rings. The van der Waals surface area contributed by atoms with Crippen molar-refractivity contribution >= 4 is 45.8 Å². The van der Waals surface area contributed by atoms with Crippen LogP contribution in [0.1, 0.15) is 35.0 Å². The number of carbonyl (C=O) groups excluding carboxylic acids is 2. The Kier molecular flexibility index (Phi) is 6.95. The molecular formula is C22H22ClNO5S. The topological polar surface area (TPSA) is 92.7 Å². The number of carboxylic acid groups (broad SMARTS) is 1. The van der Waals surface area contributed by atoms with E-state index in [0.717, 1.165) is 10.4 Å². The SMILES string of the molecule is CCOC(=O)c1c(NC(=O)[C@@H]2CC=CC[C@@H]2C(=O)O)sc(C)c1-c1cccc(Cl)c1. The number of benzene rings is 1. The average Bonchev–Trinajstić information content (AvgIpc) is 3.03. The average molecular weight is 448 g/mol. The van der Waals surface area contributed by atoms with Crippen molar-refractivity contribution in [2.75, 3.05) is 11.9 Å². The molecule has 2 atom stereocenters. The molecule has 30 heavy (non-hydrogen) atoms. The van der Waals surface area contributed by atoms with Crippen LogP contribution in [0.5, 0.6) is 0 Å². The maximum Gasteiger partial charge on any atom is 0.341 e. The Morgan fingerprint density at radius 3 is 2.57 bits per heavy atom. The lowest BCUT2D eigenvalue weighted by atomic mass is 9.82. The Morgan fingerprint density at radius 2 is 1.93 bits per heavy atom. The number of thiophene rings is 1. The van der Waals surface area contributed by atoms with E-state index in [1.54, 1.807) is 31.2 Å². The van der Waals surface area contributed by atoms with E-state index in [1.807, 2.05) is 19.1 Å². The number of carbonyl (C=O) groups is 3. The van der Waals surface area contributed by atoms with Crippen LogP contribution in [0.15, 0.2) is 36.4 Å². The van der Waals surface area contributed by atoms with Crippen LogP contribution >= 0.6 is 22.9 Å². The summed E-state index contributed by atoms with van der Waals surface area (Å²) in [7, 11) is 0. The fraction of sp³-hybridized carbons (Fsp3) is 0.318. The maximum atomic E-state index is 13.0. The highest BCUT2D eigenvalue weighted by molar-refractivity contribution is 7.17. The van der Waals surface area contributed by atoms with Crippen molar-refractivity contribution in [3.63, 3.8) is 0 Å². The van der Waals surface area contributed by atoms with E-state index in [-0.39, 0.29) is 12.2 Å².